The molecule has 1 aromatic heterocycles. The van der Waals surface area contributed by atoms with Crippen LogP contribution in [0.2, 0.25) is 0 Å². The third kappa shape index (κ3) is 8.67. The van der Waals surface area contributed by atoms with Crippen LogP contribution in [0.1, 0.15) is 36.0 Å². The van der Waals surface area contributed by atoms with Gasteiger partial charge in [-0.3, -0.25) is 14.4 Å². The smallest absolute Gasteiger partial charge is 0.252 e. The SMILES string of the molecule is NC(=O)CCNC(=O)c1ccccc1SC(=O)CCCC[n+]1ccccc1.[Br-]. The van der Waals surface area contributed by atoms with E-state index >= 15 is 0 Å². The number of halogens is 1. The molecule has 1 aromatic carbocycles. The van der Waals surface area contributed by atoms with Gasteiger partial charge in [0.15, 0.2) is 17.5 Å². The van der Waals surface area contributed by atoms with Crippen LogP contribution in [0.4, 0.5) is 0 Å². The number of carbonyl (C=O) groups is 3. The molecule has 6 nitrogen and oxygen atoms in total. The maximum Gasteiger partial charge on any atom is 0.252 e. The lowest BCUT2D eigenvalue weighted by Gasteiger charge is -2.09. The fourth-order valence-corrected chi connectivity index (χ4v) is 3.37. The predicted octanol–water partition coefficient (Wildman–Crippen LogP) is -0.927. The average Bonchev–Trinajstić information content (AvgIpc) is 2.66. The average molecular weight is 466 g/mol. The van der Waals surface area contributed by atoms with Gasteiger partial charge in [-0.05, 0) is 18.6 Å². The highest BCUT2D eigenvalue weighted by molar-refractivity contribution is 8.13. The first-order chi connectivity index (χ1) is 13.1. The first-order valence-electron chi connectivity index (χ1n) is 8.86. The van der Waals surface area contributed by atoms with Crippen molar-refractivity contribution < 1.29 is 35.9 Å². The van der Waals surface area contributed by atoms with Crippen LogP contribution in [0.3, 0.4) is 0 Å². The summed E-state index contributed by atoms with van der Waals surface area (Å²) in [4.78, 5) is 35.9. The molecular weight excluding hydrogens is 442 g/mol. The predicted molar refractivity (Wildman–Crippen MR) is 104 cm³/mol. The second-order valence-electron chi connectivity index (χ2n) is 6.01. The van der Waals surface area contributed by atoms with E-state index in [-0.39, 0.29) is 41.0 Å². The summed E-state index contributed by atoms with van der Waals surface area (Å²) >= 11 is 1.09. The van der Waals surface area contributed by atoms with E-state index in [1.807, 2.05) is 30.6 Å². The minimum absolute atomic E-state index is 0. The van der Waals surface area contributed by atoms with Crippen molar-refractivity contribution in [2.75, 3.05) is 6.54 Å². The van der Waals surface area contributed by atoms with E-state index in [2.05, 4.69) is 9.88 Å². The van der Waals surface area contributed by atoms with Gasteiger partial charge in [0.25, 0.3) is 5.91 Å². The maximum atomic E-state index is 12.3. The zero-order chi connectivity index (χ0) is 19.5. The molecule has 28 heavy (non-hydrogen) atoms. The molecule has 0 aliphatic heterocycles. The number of nitrogens with one attached hydrogen (secondary N) is 1. The minimum atomic E-state index is -0.471. The number of unbranched alkanes of at least 4 members (excludes halogenated alkanes) is 1. The molecule has 0 spiro atoms. The molecule has 0 bridgehead atoms. The van der Waals surface area contributed by atoms with Gasteiger partial charge in [0, 0.05) is 42.8 Å². The number of amides is 2. The van der Waals surface area contributed by atoms with Crippen LogP contribution in [0.25, 0.3) is 0 Å². The molecule has 8 heteroatoms. The highest BCUT2D eigenvalue weighted by Gasteiger charge is 2.14. The Balaban J connectivity index is 0.00000392. The van der Waals surface area contributed by atoms with Crippen LogP contribution in [-0.4, -0.2) is 23.5 Å². The number of primary amides is 1. The van der Waals surface area contributed by atoms with Gasteiger partial charge in [-0.25, -0.2) is 4.57 Å². The lowest BCUT2D eigenvalue weighted by molar-refractivity contribution is -0.697. The summed E-state index contributed by atoms with van der Waals surface area (Å²) in [6.45, 7) is 1.05. The number of nitrogens with zero attached hydrogens (tertiary/aromatic N) is 1. The second-order valence-corrected chi connectivity index (χ2v) is 7.11. The summed E-state index contributed by atoms with van der Waals surface area (Å²) in [6, 6.07) is 12.9. The van der Waals surface area contributed by atoms with Gasteiger partial charge in [0.2, 0.25) is 5.91 Å². The molecule has 2 rings (SSSR count). The van der Waals surface area contributed by atoms with E-state index < -0.39 is 5.91 Å². The highest BCUT2D eigenvalue weighted by atomic mass is 79.9. The Kier molecular flexibility index (Phi) is 11.1. The van der Waals surface area contributed by atoms with Crippen LogP contribution in [0.15, 0.2) is 59.8 Å². The van der Waals surface area contributed by atoms with E-state index in [9.17, 15) is 14.4 Å². The summed E-state index contributed by atoms with van der Waals surface area (Å²) in [5.41, 5.74) is 5.50. The van der Waals surface area contributed by atoms with Gasteiger partial charge in [0.1, 0.15) is 6.54 Å². The van der Waals surface area contributed by atoms with Crippen LogP contribution < -0.4 is 32.6 Å². The maximum absolute atomic E-state index is 12.3. The van der Waals surface area contributed by atoms with E-state index in [0.29, 0.717) is 16.9 Å². The standard InChI is InChI=1S/C20H23N3O3S.BrH/c21-18(24)11-12-22-20(26)16-8-2-3-9-17(16)27-19(25)10-4-7-15-23-13-5-1-6-14-23;/h1-3,5-6,8-9,13-14H,4,7,10-12,15H2,(H2-,21,22,24,26);1H. The molecule has 0 radical (unpaired) electrons. The molecule has 0 saturated heterocycles. The summed E-state index contributed by atoms with van der Waals surface area (Å²) in [5.74, 6) is -0.783. The van der Waals surface area contributed by atoms with Crippen molar-refractivity contribution in [2.24, 2.45) is 5.73 Å². The molecule has 0 fully saturated rings. The van der Waals surface area contributed by atoms with Crippen LogP contribution >= 0.6 is 11.8 Å². The number of hydrogen-bond donors (Lipinski definition) is 2. The first-order valence-corrected chi connectivity index (χ1v) is 9.68. The number of nitrogens with two attached hydrogens (primary N) is 1. The molecular formula is C20H24BrN3O3S. The monoisotopic (exact) mass is 465 g/mol. The van der Waals surface area contributed by atoms with Gasteiger partial charge < -0.3 is 28.0 Å². The van der Waals surface area contributed by atoms with Crippen LogP contribution in [-0.2, 0) is 16.1 Å². The first kappa shape index (κ1) is 23.8. The summed E-state index contributed by atoms with van der Waals surface area (Å²) in [7, 11) is 0. The molecule has 2 amide bonds. The lowest BCUT2D eigenvalue weighted by atomic mass is 10.2. The largest absolute Gasteiger partial charge is 1.00 e. The number of pyridine rings is 1. The van der Waals surface area contributed by atoms with Gasteiger partial charge in [-0.15, -0.1) is 0 Å². The fourth-order valence-electron chi connectivity index (χ4n) is 2.46. The number of hydrogen-bond acceptors (Lipinski definition) is 4. The van der Waals surface area contributed by atoms with Gasteiger partial charge in [-0.2, -0.15) is 0 Å². The minimum Gasteiger partial charge on any atom is -1.00 e. The van der Waals surface area contributed by atoms with E-state index in [4.69, 9.17) is 5.73 Å². The number of carbonyl (C=O) groups excluding carboxylic acids is 3. The van der Waals surface area contributed by atoms with Crippen molar-refractivity contribution in [3.05, 3.63) is 60.4 Å². The Labute approximate surface area is 179 Å². The Bertz CT molecular complexity index is 787. The quantitative estimate of drug-likeness (QED) is 0.269. The zero-order valence-electron chi connectivity index (χ0n) is 15.5. The fraction of sp³-hybridized carbons (Fsp3) is 0.300. The molecule has 0 atom stereocenters. The Hall–Kier alpha value is -2.19. The molecule has 0 aliphatic carbocycles. The van der Waals surface area contributed by atoms with Crippen molar-refractivity contribution in [2.45, 2.75) is 37.1 Å². The molecule has 0 aliphatic rings. The van der Waals surface area contributed by atoms with E-state index in [1.165, 1.54) is 0 Å². The normalized spacial score (nSPS) is 10.0. The van der Waals surface area contributed by atoms with Crippen molar-refractivity contribution in [1.82, 2.24) is 5.32 Å². The third-order valence-electron chi connectivity index (χ3n) is 3.84. The number of benzene rings is 1. The number of aromatic nitrogens is 1. The van der Waals surface area contributed by atoms with Crippen LogP contribution in [0.5, 0.6) is 0 Å². The Morgan fingerprint density at radius 1 is 0.964 bits per heavy atom. The molecule has 2 aromatic rings. The topological polar surface area (TPSA) is 93.1 Å². The van der Waals surface area contributed by atoms with E-state index in [1.54, 1.807) is 24.3 Å². The van der Waals surface area contributed by atoms with Gasteiger partial charge >= 0.3 is 0 Å². The van der Waals surface area contributed by atoms with Crippen molar-refractivity contribution in [3.8, 4) is 0 Å². The zero-order valence-corrected chi connectivity index (χ0v) is 17.9. The van der Waals surface area contributed by atoms with Crippen molar-refractivity contribution in [3.63, 3.8) is 0 Å². The lowest BCUT2D eigenvalue weighted by Crippen LogP contribution is -3.00. The Morgan fingerprint density at radius 3 is 2.39 bits per heavy atom. The number of thioether (sulfide) groups is 1. The molecule has 150 valence electrons. The Morgan fingerprint density at radius 2 is 1.68 bits per heavy atom. The van der Waals surface area contributed by atoms with Crippen LogP contribution in [0, 0.1) is 0 Å². The van der Waals surface area contributed by atoms with Gasteiger partial charge in [-0.1, -0.05) is 30.0 Å². The highest BCUT2D eigenvalue weighted by Crippen LogP contribution is 2.25. The van der Waals surface area contributed by atoms with Gasteiger partial charge in [0.05, 0.1) is 5.56 Å². The summed E-state index contributed by atoms with van der Waals surface area (Å²) in [6.07, 6.45) is 6.25. The second kappa shape index (κ2) is 13.1. The van der Waals surface area contributed by atoms with Crippen molar-refractivity contribution >= 4 is 28.7 Å². The molecule has 0 unspecified atom stereocenters. The molecule has 0 saturated carbocycles. The van der Waals surface area contributed by atoms with E-state index in [0.717, 1.165) is 31.1 Å². The molecule has 1 heterocycles. The summed E-state index contributed by atoms with van der Waals surface area (Å²) < 4.78 is 2.09. The number of aryl methyl sites for hydroxylation is 1. The third-order valence-corrected chi connectivity index (χ3v) is 4.84. The summed E-state index contributed by atoms with van der Waals surface area (Å²) in [5, 5.41) is 2.68. The number of rotatable bonds is 10. The van der Waals surface area contributed by atoms with Crippen molar-refractivity contribution in [1.29, 1.82) is 0 Å². The molecule has 3 N–H and O–H groups in total.